The average Bonchev–Trinajstić information content (AvgIpc) is 2.25. The summed E-state index contributed by atoms with van der Waals surface area (Å²) in [5.41, 5.74) is 7.17. The maximum Gasteiger partial charge on any atom is 0.0468 e. The molecule has 0 saturated heterocycles. The van der Waals surface area contributed by atoms with Gasteiger partial charge in [-0.1, -0.05) is 56.0 Å². The SMILES string of the molecule is CCC(CC)CC(N)c1ccc(Cl)cc1Cl. The minimum absolute atomic E-state index is 0.00895. The maximum atomic E-state index is 6.17. The largest absolute Gasteiger partial charge is 0.324 e. The van der Waals surface area contributed by atoms with E-state index in [1.807, 2.05) is 12.1 Å². The third-order valence-electron chi connectivity index (χ3n) is 3.10. The molecular formula is C13H19Cl2N. The van der Waals surface area contributed by atoms with Crippen LogP contribution in [0.25, 0.3) is 0 Å². The van der Waals surface area contributed by atoms with Crippen LogP contribution in [-0.2, 0) is 0 Å². The average molecular weight is 260 g/mol. The molecule has 0 radical (unpaired) electrons. The number of hydrogen-bond donors (Lipinski definition) is 1. The Morgan fingerprint density at radius 2 is 1.81 bits per heavy atom. The molecule has 2 N–H and O–H groups in total. The Labute approximate surface area is 108 Å². The predicted molar refractivity (Wildman–Crippen MR) is 72.1 cm³/mol. The van der Waals surface area contributed by atoms with Gasteiger partial charge in [0.05, 0.1) is 0 Å². The highest BCUT2D eigenvalue weighted by Crippen LogP contribution is 2.29. The van der Waals surface area contributed by atoms with Crippen LogP contribution in [-0.4, -0.2) is 0 Å². The van der Waals surface area contributed by atoms with Crippen LogP contribution in [0.2, 0.25) is 10.0 Å². The zero-order valence-electron chi connectivity index (χ0n) is 9.84. The lowest BCUT2D eigenvalue weighted by molar-refractivity contribution is 0.415. The highest BCUT2D eigenvalue weighted by molar-refractivity contribution is 6.35. The molecule has 0 bridgehead atoms. The first kappa shape index (κ1) is 13.8. The van der Waals surface area contributed by atoms with Gasteiger partial charge in [-0.2, -0.15) is 0 Å². The Bertz CT molecular complexity index is 335. The van der Waals surface area contributed by atoms with Crippen molar-refractivity contribution in [3.63, 3.8) is 0 Å². The molecule has 1 aromatic rings. The molecule has 0 fully saturated rings. The van der Waals surface area contributed by atoms with Crippen molar-refractivity contribution in [1.29, 1.82) is 0 Å². The van der Waals surface area contributed by atoms with Crippen LogP contribution in [0, 0.1) is 5.92 Å². The van der Waals surface area contributed by atoms with E-state index >= 15 is 0 Å². The Kier molecular flexibility index (Phi) is 5.60. The third-order valence-corrected chi connectivity index (χ3v) is 3.67. The molecule has 90 valence electrons. The van der Waals surface area contributed by atoms with Crippen LogP contribution >= 0.6 is 23.2 Å². The standard InChI is InChI=1S/C13H19Cl2N/c1-3-9(4-2)7-13(16)11-6-5-10(14)8-12(11)15/h5-6,8-9,13H,3-4,7,16H2,1-2H3. The van der Waals surface area contributed by atoms with Crippen molar-refractivity contribution in [2.24, 2.45) is 11.7 Å². The number of hydrogen-bond acceptors (Lipinski definition) is 1. The van der Waals surface area contributed by atoms with E-state index in [4.69, 9.17) is 28.9 Å². The quantitative estimate of drug-likeness (QED) is 0.807. The van der Waals surface area contributed by atoms with Crippen molar-refractivity contribution in [3.8, 4) is 0 Å². The zero-order chi connectivity index (χ0) is 12.1. The van der Waals surface area contributed by atoms with Gasteiger partial charge in [-0.3, -0.25) is 0 Å². The van der Waals surface area contributed by atoms with E-state index in [0.717, 1.165) is 24.8 Å². The number of rotatable bonds is 5. The molecule has 0 aliphatic heterocycles. The summed E-state index contributed by atoms with van der Waals surface area (Å²) in [5.74, 6) is 0.668. The van der Waals surface area contributed by atoms with Gasteiger partial charge in [-0.05, 0) is 30.0 Å². The Morgan fingerprint density at radius 1 is 1.19 bits per heavy atom. The second-order valence-electron chi connectivity index (χ2n) is 4.19. The summed E-state index contributed by atoms with van der Waals surface area (Å²) in [5, 5.41) is 1.33. The predicted octanol–water partition coefficient (Wildman–Crippen LogP) is 4.82. The summed E-state index contributed by atoms with van der Waals surface area (Å²) in [7, 11) is 0. The normalized spacial score (nSPS) is 13.1. The Balaban J connectivity index is 2.76. The molecule has 1 atom stereocenters. The van der Waals surface area contributed by atoms with Gasteiger partial charge < -0.3 is 5.73 Å². The summed E-state index contributed by atoms with van der Waals surface area (Å²) in [6, 6.07) is 5.54. The van der Waals surface area contributed by atoms with Gasteiger partial charge in [0.15, 0.2) is 0 Å². The lowest BCUT2D eigenvalue weighted by atomic mass is 9.92. The topological polar surface area (TPSA) is 26.0 Å². The highest BCUT2D eigenvalue weighted by atomic mass is 35.5. The Morgan fingerprint density at radius 3 is 2.31 bits per heavy atom. The lowest BCUT2D eigenvalue weighted by Gasteiger charge is -2.19. The first-order chi connectivity index (χ1) is 7.58. The molecule has 0 aromatic heterocycles. The van der Waals surface area contributed by atoms with Crippen LogP contribution in [0.5, 0.6) is 0 Å². The van der Waals surface area contributed by atoms with Crippen molar-refractivity contribution in [3.05, 3.63) is 33.8 Å². The van der Waals surface area contributed by atoms with Crippen molar-refractivity contribution < 1.29 is 0 Å². The summed E-state index contributed by atoms with van der Waals surface area (Å²) >= 11 is 12.0. The van der Waals surface area contributed by atoms with Crippen LogP contribution < -0.4 is 5.73 Å². The molecule has 1 aromatic carbocycles. The monoisotopic (exact) mass is 259 g/mol. The highest BCUT2D eigenvalue weighted by Gasteiger charge is 2.14. The first-order valence-corrected chi connectivity index (χ1v) is 6.54. The molecule has 0 spiro atoms. The summed E-state index contributed by atoms with van der Waals surface area (Å²) < 4.78 is 0. The molecule has 16 heavy (non-hydrogen) atoms. The van der Waals surface area contributed by atoms with Gasteiger partial charge in [0.25, 0.3) is 0 Å². The molecule has 1 nitrogen and oxygen atoms in total. The van der Waals surface area contributed by atoms with E-state index < -0.39 is 0 Å². The van der Waals surface area contributed by atoms with E-state index in [0.29, 0.717) is 16.0 Å². The first-order valence-electron chi connectivity index (χ1n) is 5.79. The molecule has 0 aliphatic carbocycles. The fourth-order valence-electron chi connectivity index (χ4n) is 1.91. The van der Waals surface area contributed by atoms with Crippen LogP contribution in [0.4, 0.5) is 0 Å². The lowest BCUT2D eigenvalue weighted by Crippen LogP contribution is -2.15. The van der Waals surface area contributed by atoms with E-state index in [2.05, 4.69) is 13.8 Å². The second-order valence-corrected chi connectivity index (χ2v) is 5.03. The van der Waals surface area contributed by atoms with E-state index in [9.17, 15) is 0 Å². The molecule has 1 rings (SSSR count). The molecule has 3 heteroatoms. The van der Waals surface area contributed by atoms with Gasteiger partial charge in [0.2, 0.25) is 0 Å². The number of benzene rings is 1. The maximum absolute atomic E-state index is 6.17. The van der Waals surface area contributed by atoms with Crippen LogP contribution in [0.3, 0.4) is 0 Å². The van der Waals surface area contributed by atoms with Crippen LogP contribution in [0.1, 0.15) is 44.7 Å². The second kappa shape index (κ2) is 6.48. The van der Waals surface area contributed by atoms with Crippen LogP contribution in [0.15, 0.2) is 18.2 Å². The Hall–Kier alpha value is -0.240. The van der Waals surface area contributed by atoms with Crippen molar-refractivity contribution >= 4 is 23.2 Å². The van der Waals surface area contributed by atoms with E-state index in [1.165, 1.54) is 0 Å². The van der Waals surface area contributed by atoms with E-state index in [-0.39, 0.29) is 6.04 Å². The minimum atomic E-state index is 0.00895. The van der Waals surface area contributed by atoms with Gasteiger partial charge in [-0.15, -0.1) is 0 Å². The summed E-state index contributed by atoms with van der Waals surface area (Å²) in [6.07, 6.45) is 3.30. The summed E-state index contributed by atoms with van der Waals surface area (Å²) in [6.45, 7) is 4.40. The van der Waals surface area contributed by atoms with Gasteiger partial charge >= 0.3 is 0 Å². The van der Waals surface area contributed by atoms with Gasteiger partial charge in [-0.25, -0.2) is 0 Å². The van der Waals surface area contributed by atoms with E-state index in [1.54, 1.807) is 6.07 Å². The molecular weight excluding hydrogens is 241 g/mol. The number of nitrogens with two attached hydrogens (primary N) is 1. The third kappa shape index (κ3) is 3.65. The van der Waals surface area contributed by atoms with Crippen molar-refractivity contribution in [2.75, 3.05) is 0 Å². The minimum Gasteiger partial charge on any atom is -0.324 e. The summed E-state index contributed by atoms with van der Waals surface area (Å²) in [4.78, 5) is 0. The fourth-order valence-corrected chi connectivity index (χ4v) is 2.46. The van der Waals surface area contributed by atoms with Gasteiger partial charge in [0.1, 0.15) is 0 Å². The van der Waals surface area contributed by atoms with Gasteiger partial charge in [0, 0.05) is 16.1 Å². The molecule has 1 unspecified atom stereocenters. The fraction of sp³-hybridized carbons (Fsp3) is 0.538. The van der Waals surface area contributed by atoms with Crippen molar-refractivity contribution in [1.82, 2.24) is 0 Å². The van der Waals surface area contributed by atoms with Crippen molar-refractivity contribution in [2.45, 2.75) is 39.2 Å². The molecule has 0 heterocycles. The zero-order valence-corrected chi connectivity index (χ0v) is 11.4. The number of halogens is 2. The molecule has 0 amide bonds. The smallest absolute Gasteiger partial charge is 0.0468 e. The molecule has 0 saturated carbocycles. The molecule has 0 aliphatic rings.